The number of nitrogens with zero attached hydrogens (tertiary/aromatic N) is 3. The van der Waals surface area contributed by atoms with Crippen molar-refractivity contribution in [2.45, 2.75) is 57.9 Å². The summed E-state index contributed by atoms with van der Waals surface area (Å²) in [6, 6.07) is 13.7. The maximum Gasteiger partial charge on any atom is 0.336 e. The van der Waals surface area contributed by atoms with E-state index in [0.29, 0.717) is 34.6 Å². The average Bonchev–Trinajstić information content (AvgIpc) is 2.87. The molecule has 3 aromatic rings. The number of anilines is 2. The van der Waals surface area contributed by atoms with Gasteiger partial charge in [-0.15, -0.1) is 0 Å². The summed E-state index contributed by atoms with van der Waals surface area (Å²) in [6.07, 6.45) is 1.15. The molecule has 1 saturated heterocycles. The Morgan fingerprint density at radius 3 is 2.21 bits per heavy atom. The molecule has 0 spiro atoms. The smallest absolute Gasteiger partial charge is 0.336 e. The quantitative estimate of drug-likeness (QED) is 0.375. The van der Waals surface area contributed by atoms with Crippen LogP contribution in [0, 0.1) is 5.92 Å². The minimum Gasteiger partial charge on any atom is -0.478 e. The second kappa shape index (κ2) is 11.3. The first-order valence-corrected chi connectivity index (χ1v) is 14.7. The van der Waals surface area contributed by atoms with Gasteiger partial charge in [0.25, 0.3) is 10.0 Å². The van der Waals surface area contributed by atoms with Gasteiger partial charge in [-0.1, -0.05) is 39.8 Å². The maximum absolute atomic E-state index is 13.0. The van der Waals surface area contributed by atoms with Gasteiger partial charge in [0.05, 0.1) is 16.0 Å². The van der Waals surface area contributed by atoms with E-state index in [0.717, 1.165) is 38.2 Å². The Hall–Kier alpha value is -3.17. The van der Waals surface area contributed by atoms with Gasteiger partial charge in [0, 0.05) is 43.3 Å². The molecule has 1 fully saturated rings. The van der Waals surface area contributed by atoms with Gasteiger partial charge in [-0.05, 0) is 67.1 Å². The molecule has 4 rings (SSSR count). The lowest BCUT2D eigenvalue weighted by Crippen LogP contribution is -2.50. The number of sulfonamides is 1. The number of benzene rings is 2. The van der Waals surface area contributed by atoms with E-state index in [2.05, 4.69) is 35.3 Å². The minimum atomic E-state index is -3.83. The zero-order valence-electron chi connectivity index (χ0n) is 22.8. The normalized spacial score (nSPS) is 15.8. The van der Waals surface area contributed by atoms with Crippen LogP contribution in [0.1, 0.15) is 62.9 Å². The van der Waals surface area contributed by atoms with Crippen molar-refractivity contribution in [1.82, 2.24) is 9.88 Å². The number of piperazine rings is 1. The molecule has 9 heteroatoms. The topological polar surface area (TPSA) is 103 Å². The summed E-state index contributed by atoms with van der Waals surface area (Å²) in [7, 11) is -3.83. The molecule has 0 amide bonds. The lowest BCUT2D eigenvalue weighted by molar-refractivity contribution is 0.0699. The molecule has 2 heterocycles. The van der Waals surface area contributed by atoms with Gasteiger partial charge in [-0.3, -0.25) is 9.62 Å². The molecule has 204 valence electrons. The minimum absolute atomic E-state index is 0.0999. The lowest BCUT2D eigenvalue weighted by Gasteiger charge is -2.39. The van der Waals surface area contributed by atoms with Crippen molar-refractivity contribution < 1.29 is 18.3 Å². The Kier molecular flexibility index (Phi) is 8.28. The van der Waals surface area contributed by atoms with E-state index in [-0.39, 0.29) is 16.1 Å². The second-order valence-corrected chi connectivity index (χ2v) is 12.6. The van der Waals surface area contributed by atoms with Crippen molar-refractivity contribution in [3.63, 3.8) is 0 Å². The van der Waals surface area contributed by atoms with Gasteiger partial charge in [-0.2, -0.15) is 0 Å². The fourth-order valence-electron chi connectivity index (χ4n) is 5.08. The predicted octanol–water partition coefficient (Wildman–Crippen LogP) is 5.41. The monoisotopic (exact) mass is 538 g/mol. The van der Waals surface area contributed by atoms with Crippen molar-refractivity contribution in [3.8, 4) is 0 Å². The average molecular weight is 539 g/mol. The van der Waals surface area contributed by atoms with Crippen LogP contribution < -0.4 is 9.62 Å². The zero-order valence-corrected chi connectivity index (χ0v) is 23.6. The van der Waals surface area contributed by atoms with Crippen LogP contribution in [0.25, 0.3) is 10.9 Å². The van der Waals surface area contributed by atoms with E-state index in [4.69, 9.17) is 4.98 Å². The second-order valence-electron chi connectivity index (χ2n) is 10.9. The summed E-state index contributed by atoms with van der Waals surface area (Å²) in [6.45, 7) is 14.2. The summed E-state index contributed by atoms with van der Waals surface area (Å²) >= 11 is 0. The summed E-state index contributed by atoms with van der Waals surface area (Å²) in [5.41, 5.74) is 1.95. The third-order valence-electron chi connectivity index (χ3n) is 7.21. The van der Waals surface area contributed by atoms with E-state index in [1.54, 1.807) is 48.5 Å². The summed E-state index contributed by atoms with van der Waals surface area (Å²) in [5, 5.41) is 10.4. The summed E-state index contributed by atoms with van der Waals surface area (Å²) < 4.78 is 28.5. The Labute approximate surface area is 225 Å². The number of hydrogen-bond acceptors (Lipinski definition) is 6. The molecule has 0 saturated carbocycles. The first-order valence-electron chi connectivity index (χ1n) is 13.2. The van der Waals surface area contributed by atoms with E-state index in [1.807, 2.05) is 13.8 Å². The standard InChI is InChI=1S/C29H38N4O4S/c1-19(2)16-21(5)32-12-14-33(15-13-32)28-18-26(29(34)35)25-17-23(8-11-27(25)30-28)31-38(36,37)24-9-6-22(7-10-24)20(3)4/h6-11,17-21,31H,12-16H2,1-5H3,(H,34,35)/t21-/m1/s1. The highest BCUT2D eigenvalue weighted by Crippen LogP contribution is 2.28. The largest absolute Gasteiger partial charge is 0.478 e. The van der Waals surface area contributed by atoms with Gasteiger partial charge in [0.15, 0.2) is 0 Å². The molecule has 1 atom stereocenters. The number of rotatable bonds is 9. The number of carboxylic acid groups (broad SMARTS) is 1. The van der Waals surface area contributed by atoms with Crippen molar-refractivity contribution in [3.05, 3.63) is 59.7 Å². The molecule has 8 nitrogen and oxygen atoms in total. The maximum atomic E-state index is 13.0. The number of carboxylic acids is 1. The molecule has 1 aliphatic rings. The van der Waals surface area contributed by atoms with E-state index in [1.165, 1.54) is 0 Å². The number of aromatic nitrogens is 1. The highest BCUT2D eigenvalue weighted by Gasteiger charge is 2.24. The Balaban J connectivity index is 1.56. The molecule has 38 heavy (non-hydrogen) atoms. The van der Waals surface area contributed by atoms with Crippen molar-refractivity contribution >= 4 is 38.4 Å². The predicted molar refractivity (Wildman–Crippen MR) is 153 cm³/mol. The lowest BCUT2D eigenvalue weighted by atomic mass is 10.0. The zero-order chi connectivity index (χ0) is 27.6. The van der Waals surface area contributed by atoms with Gasteiger partial charge >= 0.3 is 5.97 Å². The summed E-state index contributed by atoms with van der Waals surface area (Å²) in [4.78, 5) is 21.7. The van der Waals surface area contributed by atoms with E-state index in [9.17, 15) is 18.3 Å². The van der Waals surface area contributed by atoms with Crippen LogP contribution in [0.5, 0.6) is 0 Å². The van der Waals surface area contributed by atoms with Crippen molar-refractivity contribution in [1.29, 1.82) is 0 Å². The number of fused-ring (bicyclic) bond motifs is 1. The first-order chi connectivity index (χ1) is 17.9. The Morgan fingerprint density at radius 1 is 0.974 bits per heavy atom. The molecule has 0 aliphatic carbocycles. The molecule has 1 aromatic heterocycles. The Morgan fingerprint density at radius 2 is 1.63 bits per heavy atom. The number of nitrogens with one attached hydrogen (secondary N) is 1. The van der Waals surface area contributed by atoms with Gasteiger partial charge in [0.1, 0.15) is 5.82 Å². The van der Waals surface area contributed by atoms with Crippen LogP contribution in [-0.2, 0) is 10.0 Å². The van der Waals surface area contributed by atoms with Gasteiger partial charge in [-0.25, -0.2) is 18.2 Å². The fraction of sp³-hybridized carbons (Fsp3) is 0.448. The van der Waals surface area contributed by atoms with Crippen molar-refractivity contribution in [2.75, 3.05) is 35.8 Å². The Bertz CT molecular complexity index is 1400. The van der Waals surface area contributed by atoms with Crippen LogP contribution in [0.4, 0.5) is 11.5 Å². The van der Waals surface area contributed by atoms with Gasteiger partial charge < -0.3 is 10.0 Å². The number of carbonyl (C=O) groups is 1. The van der Waals surface area contributed by atoms with Crippen LogP contribution in [0.15, 0.2) is 53.4 Å². The van der Waals surface area contributed by atoms with Crippen LogP contribution in [0.2, 0.25) is 0 Å². The molecular weight excluding hydrogens is 500 g/mol. The van der Waals surface area contributed by atoms with E-state index >= 15 is 0 Å². The first kappa shape index (κ1) is 27.9. The van der Waals surface area contributed by atoms with Crippen LogP contribution in [-0.4, -0.2) is 61.6 Å². The number of pyridine rings is 1. The summed E-state index contributed by atoms with van der Waals surface area (Å²) in [5.74, 6) is 0.490. The number of aromatic carboxylic acids is 1. The molecule has 2 aromatic carbocycles. The van der Waals surface area contributed by atoms with Crippen LogP contribution in [0.3, 0.4) is 0 Å². The SMILES string of the molecule is CC(C)C[C@@H](C)N1CCN(c2cc(C(=O)O)c3cc(NS(=O)(=O)c4ccc(C(C)C)cc4)ccc3n2)CC1. The van der Waals surface area contributed by atoms with E-state index < -0.39 is 16.0 Å². The highest BCUT2D eigenvalue weighted by molar-refractivity contribution is 7.92. The third kappa shape index (κ3) is 6.27. The molecule has 0 radical (unpaired) electrons. The van der Waals surface area contributed by atoms with Crippen LogP contribution >= 0.6 is 0 Å². The molecule has 0 unspecified atom stereocenters. The molecule has 2 N–H and O–H groups in total. The molecule has 0 bridgehead atoms. The fourth-order valence-corrected chi connectivity index (χ4v) is 6.13. The van der Waals surface area contributed by atoms with Crippen molar-refractivity contribution in [2.24, 2.45) is 5.92 Å². The third-order valence-corrected chi connectivity index (χ3v) is 8.61. The highest BCUT2D eigenvalue weighted by atomic mass is 32.2. The number of hydrogen-bond donors (Lipinski definition) is 2. The molecular formula is C29H38N4O4S. The van der Waals surface area contributed by atoms with Gasteiger partial charge in [0.2, 0.25) is 0 Å². The molecule has 1 aliphatic heterocycles.